The minimum absolute atomic E-state index is 0.0392. The van der Waals surface area contributed by atoms with Crippen LogP contribution in [-0.4, -0.2) is 83.2 Å². The van der Waals surface area contributed by atoms with Crippen LogP contribution in [0.25, 0.3) is 0 Å². The largest absolute Gasteiger partial charge is 0.416 e. The van der Waals surface area contributed by atoms with Crippen LogP contribution >= 0.6 is 0 Å². The van der Waals surface area contributed by atoms with E-state index in [9.17, 15) is 27.9 Å². The average Bonchev–Trinajstić information content (AvgIpc) is 3.57. The van der Waals surface area contributed by atoms with Gasteiger partial charge in [0, 0.05) is 31.9 Å². The first-order chi connectivity index (χ1) is 16.1. The Hall–Kier alpha value is -2.33. The minimum Gasteiger partial charge on any atom is -0.391 e. The van der Waals surface area contributed by atoms with E-state index in [0.717, 1.165) is 63.9 Å². The number of likely N-dealkylation sites (tertiary alicyclic amines) is 1. The number of piperazine rings is 1. The number of alkyl halides is 3. The summed E-state index contributed by atoms with van der Waals surface area (Å²) in [7, 11) is 0. The van der Waals surface area contributed by atoms with Crippen molar-refractivity contribution in [2.75, 3.05) is 44.6 Å². The van der Waals surface area contributed by atoms with Crippen molar-refractivity contribution in [1.29, 1.82) is 0 Å². The number of urea groups is 1. The molecule has 2 N–H and O–H groups in total. The average molecular weight is 483 g/mol. The van der Waals surface area contributed by atoms with E-state index >= 15 is 0 Å². The second kappa shape index (κ2) is 9.73. The van der Waals surface area contributed by atoms with E-state index in [1.807, 2.05) is 0 Å². The highest BCUT2D eigenvalue weighted by Gasteiger charge is 2.51. The van der Waals surface area contributed by atoms with E-state index in [2.05, 4.69) is 10.2 Å². The SMILES string of the molecule is CC1C(=O)N(CCCCN2CCC3(CC3)C(O)C2)CCN1C(=O)Nc1cccc(C(F)(F)F)c1. The fourth-order valence-electron chi connectivity index (χ4n) is 5.06. The van der Waals surface area contributed by atoms with Crippen molar-refractivity contribution in [2.45, 2.75) is 57.3 Å². The van der Waals surface area contributed by atoms with Gasteiger partial charge in [-0.05, 0) is 75.7 Å². The van der Waals surface area contributed by atoms with Gasteiger partial charge >= 0.3 is 12.2 Å². The van der Waals surface area contributed by atoms with Crippen molar-refractivity contribution >= 4 is 17.6 Å². The molecule has 1 saturated carbocycles. The number of β-amino-alcohol motifs (C(OH)–C–C–N with tert-alkyl or cyclic N) is 1. The Kier molecular flexibility index (Phi) is 7.09. The number of amides is 3. The summed E-state index contributed by atoms with van der Waals surface area (Å²) in [5.41, 5.74) is -0.603. The summed E-state index contributed by atoms with van der Waals surface area (Å²) in [6.45, 7) is 5.61. The van der Waals surface area contributed by atoms with Crippen LogP contribution in [0.4, 0.5) is 23.7 Å². The van der Waals surface area contributed by atoms with Crippen LogP contribution in [0, 0.1) is 5.41 Å². The molecule has 10 heteroatoms. The summed E-state index contributed by atoms with van der Waals surface area (Å²) >= 11 is 0. The maximum atomic E-state index is 12.9. The third-order valence-electron chi connectivity index (χ3n) is 7.56. The number of anilines is 1. The highest BCUT2D eigenvalue weighted by atomic mass is 19.4. The molecule has 34 heavy (non-hydrogen) atoms. The number of hydrogen-bond acceptors (Lipinski definition) is 4. The van der Waals surface area contributed by atoms with Gasteiger partial charge in [-0.2, -0.15) is 13.2 Å². The number of carbonyl (C=O) groups excluding carboxylic acids is 2. The van der Waals surface area contributed by atoms with Crippen LogP contribution in [0.15, 0.2) is 24.3 Å². The zero-order valence-corrected chi connectivity index (χ0v) is 19.5. The molecular formula is C24H33F3N4O3. The Balaban J connectivity index is 1.21. The monoisotopic (exact) mass is 482 g/mol. The molecule has 1 aromatic rings. The molecule has 2 unspecified atom stereocenters. The maximum Gasteiger partial charge on any atom is 0.416 e. The first kappa shape index (κ1) is 24.8. The number of piperidine rings is 1. The lowest BCUT2D eigenvalue weighted by atomic mass is 9.90. The second-order valence-electron chi connectivity index (χ2n) is 9.84. The molecule has 2 atom stereocenters. The molecule has 188 valence electrons. The van der Waals surface area contributed by atoms with Gasteiger partial charge in [0.05, 0.1) is 11.7 Å². The number of carbonyl (C=O) groups is 2. The molecule has 0 radical (unpaired) electrons. The molecule has 0 bridgehead atoms. The molecule has 2 aliphatic heterocycles. The zero-order valence-electron chi connectivity index (χ0n) is 19.5. The fourth-order valence-corrected chi connectivity index (χ4v) is 5.06. The van der Waals surface area contributed by atoms with Crippen LogP contribution < -0.4 is 5.32 Å². The fraction of sp³-hybridized carbons (Fsp3) is 0.667. The Bertz CT molecular complexity index is 906. The van der Waals surface area contributed by atoms with Gasteiger partial charge < -0.3 is 25.1 Å². The number of aliphatic hydroxyl groups excluding tert-OH is 1. The number of nitrogens with one attached hydrogen (secondary N) is 1. The molecule has 1 aliphatic carbocycles. The van der Waals surface area contributed by atoms with E-state index in [4.69, 9.17) is 0 Å². The van der Waals surface area contributed by atoms with Gasteiger partial charge in [0.15, 0.2) is 0 Å². The van der Waals surface area contributed by atoms with Crippen LogP contribution in [0.5, 0.6) is 0 Å². The van der Waals surface area contributed by atoms with E-state index < -0.39 is 23.8 Å². The summed E-state index contributed by atoms with van der Waals surface area (Å²) in [6, 6.07) is 3.18. The molecule has 2 heterocycles. The molecule has 7 nitrogen and oxygen atoms in total. The van der Waals surface area contributed by atoms with Gasteiger partial charge in [-0.25, -0.2) is 4.79 Å². The van der Waals surface area contributed by atoms with Gasteiger partial charge in [0.25, 0.3) is 0 Å². The van der Waals surface area contributed by atoms with Crippen LogP contribution in [0.1, 0.15) is 44.6 Å². The Morgan fingerprint density at radius 2 is 1.88 bits per heavy atom. The molecule has 3 aliphatic rings. The number of unbranched alkanes of at least 4 members (excludes halogenated alkanes) is 1. The number of nitrogens with zero attached hydrogens (tertiary/aromatic N) is 3. The van der Waals surface area contributed by atoms with Crippen molar-refractivity contribution in [3.63, 3.8) is 0 Å². The standard InChI is InChI=1S/C24H33F3N4O3/c1-17-21(33)30(11-3-2-10-29-12-9-23(7-8-23)20(32)16-29)13-14-31(17)22(34)28-19-6-4-5-18(15-19)24(25,26)27/h4-6,15,17,20,32H,2-3,7-14,16H2,1H3,(H,28,34). The van der Waals surface area contributed by atoms with Crippen molar-refractivity contribution in [1.82, 2.24) is 14.7 Å². The normalized spacial score (nSPS) is 25.0. The van der Waals surface area contributed by atoms with Crippen molar-refractivity contribution in [3.05, 3.63) is 29.8 Å². The number of halogens is 3. The molecular weight excluding hydrogens is 449 g/mol. The number of aliphatic hydroxyl groups is 1. The number of hydrogen-bond donors (Lipinski definition) is 2. The summed E-state index contributed by atoms with van der Waals surface area (Å²) in [6.07, 6.45) is 0.402. The first-order valence-electron chi connectivity index (χ1n) is 12.0. The van der Waals surface area contributed by atoms with Gasteiger partial charge in [0.2, 0.25) is 5.91 Å². The topological polar surface area (TPSA) is 76.1 Å². The predicted molar refractivity (Wildman–Crippen MR) is 121 cm³/mol. The van der Waals surface area contributed by atoms with Crippen molar-refractivity contribution in [3.8, 4) is 0 Å². The van der Waals surface area contributed by atoms with Crippen LogP contribution in [-0.2, 0) is 11.0 Å². The van der Waals surface area contributed by atoms with Gasteiger partial charge in [-0.1, -0.05) is 6.07 Å². The van der Waals surface area contributed by atoms with Crippen molar-refractivity contribution < 1.29 is 27.9 Å². The number of benzene rings is 1. The van der Waals surface area contributed by atoms with E-state index in [-0.39, 0.29) is 23.1 Å². The quantitative estimate of drug-likeness (QED) is 0.610. The Morgan fingerprint density at radius 1 is 1.15 bits per heavy atom. The highest BCUT2D eigenvalue weighted by Crippen LogP contribution is 2.53. The third-order valence-corrected chi connectivity index (χ3v) is 7.56. The Morgan fingerprint density at radius 3 is 2.56 bits per heavy atom. The van der Waals surface area contributed by atoms with Gasteiger partial charge in [-0.15, -0.1) is 0 Å². The van der Waals surface area contributed by atoms with Gasteiger partial charge in [-0.3, -0.25) is 4.79 Å². The summed E-state index contributed by atoms with van der Waals surface area (Å²) in [4.78, 5) is 30.9. The third kappa shape index (κ3) is 5.49. The first-order valence-corrected chi connectivity index (χ1v) is 12.0. The lowest BCUT2D eigenvalue weighted by Crippen LogP contribution is -2.58. The molecule has 4 rings (SSSR count). The van der Waals surface area contributed by atoms with E-state index in [1.54, 1.807) is 11.8 Å². The predicted octanol–water partition coefficient (Wildman–Crippen LogP) is 3.40. The van der Waals surface area contributed by atoms with E-state index in [0.29, 0.717) is 19.6 Å². The molecule has 3 fully saturated rings. The van der Waals surface area contributed by atoms with E-state index in [1.165, 1.54) is 17.0 Å². The molecule has 3 amide bonds. The summed E-state index contributed by atoms with van der Waals surface area (Å²) in [5, 5.41) is 12.8. The number of rotatable bonds is 6. The lowest BCUT2D eigenvalue weighted by molar-refractivity contribution is -0.139. The molecule has 2 saturated heterocycles. The lowest BCUT2D eigenvalue weighted by Gasteiger charge is -2.39. The van der Waals surface area contributed by atoms with Crippen LogP contribution in [0.3, 0.4) is 0 Å². The minimum atomic E-state index is -4.50. The Labute approximate surface area is 197 Å². The molecule has 1 spiro atoms. The molecule has 1 aromatic carbocycles. The van der Waals surface area contributed by atoms with Crippen LogP contribution in [0.2, 0.25) is 0 Å². The molecule has 0 aromatic heterocycles. The van der Waals surface area contributed by atoms with Gasteiger partial charge in [0.1, 0.15) is 6.04 Å². The zero-order chi connectivity index (χ0) is 24.5. The summed E-state index contributed by atoms with van der Waals surface area (Å²) in [5.74, 6) is -0.158. The highest BCUT2D eigenvalue weighted by molar-refractivity contribution is 5.94. The maximum absolute atomic E-state index is 12.9. The smallest absolute Gasteiger partial charge is 0.391 e. The van der Waals surface area contributed by atoms with Crippen molar-refractivity contribution in [2.24, 2.45) is 5.41 Å². The summed E-state index contributed by atoms with van der Waals surface area (Å²) < 4.78 is 38.7. The second-order valence-corrected chi connectivity index (χ2v) is 9.84.